The van der Waals surface area contributed by atoms with Crippen LogP contribution >= 0.6 is 0 Å². The van der Waals surface area contributed by atoms with E-state index < -0.39 is 5.97 Å². The molecule has 11 heteroatoms. The molecule has 0 aromatic carbocycles. The Morgan fingerprint density at radius 1 is 1.12 bits per heavy atom. The summed E-state index contributed by atoms with van der Waals surface area (Å²) in [7, 11) is 0. The van der Waals surface area contributed by atoms with E-state index in [0.717, 1.165) is 0 Å². The van der Waals surface area contributed by atoms with Crippen LogP contribution in [0.25, 0.3) is 5.95 Å². The molecule has 26 heavy (non-hydrogen) atoms. The molecule has 1 aliphatic heterocycles. The summed E-state index contributed by atoms with van der Waals surface area (Å²) in [5, 5.41) is 7.88. The Balaban J connectivity index is 1.98. The van der Waals surface area contributed by atoms with Crippen LogP contribution in [0.4, 0.5) is 5.95 Å². The Bertz CT molecular complexity index is 773. The van der Waals surface area contributed by atoms with Gasteiger partial charge in [-0.15, -0.1) is 5.10 Å². The van der Waals surface area contributed by atoms with Gasteiger partial charge in [0.15, 0.2) is 5.69 Å². The monoisotopic (exact) mass is 363 g/mol. The van der Waals surface area contributed by atoms with Gasteiger partial charge in [-0.25, -0.2) is 4.79 Å². The number of hydrogen-bond donors (Lipinski definition) is 0. The second-order valence-corrected chi connectivity index (χ2v) is 5.41. The molecule has 3 heterocycles. The molecular weight excluding hydrogens is 342 g/mol. The smallest absolute Gasteiger partial charge is 0.360 e. The van der Waals surface area contributed by atoms with Gasteiger partial charge in [0.25, 0.3) is 5.95 Å². The Labute approximate surface area is 150 Å². The van der Waals surface area contributed by atoms with Gasteiger partial charge < -0.3 is 19.1 Å². The van der Waals surface area contributed by atoms with Gasteiger partial charge in [-0.2, -0.15) is 19.6 Å². The first-order chi connectivity index (χ1) is 12.6. The summed E-state index contributed by atoms with van der Waals surface area (Å²) in [6, 6.07) is 0.187. The van der Waals surface area contributed by atoms with Crippen molar-refractivity contribution in [2.75, 3.05) is 44.4 Å². The number of ether oxygens (including phenoxy) is 3. The number of carbonyl (C=O) groups excluding carboxylic acids is 1. The first kappa shape index (κ1) is 18.0. The third-order valence-corrected chi connectivity index (χ3v) is 3.71. The van der Waals surface area contributed by atoms with Gasteiger partial charge in [-0.1, -0.05) is 5.21 Å². The van der Waals surface area contributed by atoms with E-state index in [9.17, 15) is 4.79 Å². The number of nitrogens with zero attached hydrogens (tertiary/aromatic N) is 7. The van der Waals surface area contributed by atoms with Crippen molar-refractivity contribution >= 4 is 11.9 Å². The maximum atomic E-state index is 12.0. The number of esters is 1. The summed E-state index contributed by atoms with van der Waals surface area (Å²) < 4.78 is 17.2. The molecule has 11 nitrogen and oxygen atoms in total. The van der Waals surface area contributed by atoms with Gasteiger partial charge >= 0.3 is 12.0 Å². The van der Waals surface area contributed by atoms with Gasteiger partial charge in [0.2, 0.25) is 5.95 Å². The van der Waals surface area contributed by atoms with Gasteiger partial charge in [-0.05, 0) is 20.8 Å². The van der Waals surface area contributed by atoms with Crippen LogP contribution in [0.5, 0.6) is 6.01 Å². The minimum atomic E-state index is -0.538. The van der Waals surface area contributed by atoms with Gasteiger partial charge in [-0.3, -0.25) is 0 Å². The average molecular weight is 363 g/mol. The second-order valence-electron chi connectivity index (χ2n) is 5.41. The lowest BCUT2D eigenvalue weighted by molar-refractivity contribution is 0.0518. The molecule has 1 aliphatic rings. The molecule has 1 saturated heterocycles. The Morgan fingerprint density at radius 3 is 2.54 bits per heavy atom. The zero-order valence-corrected chi connectivity index (χ0v) is 15.0. The van der Waals surface area contributed by atoms with E-state index in [4.69, 9.17) is 14.2 Å². The van der Waals surface area contributed by atoms with Crippen LogP contribution in [-0.4, -0.2) is 75.4 Å². The number of carbonyl (C=O) groups is 1. The molecular formula is C15H21N7O4. The highest BCUT2D eigenvalue weighted by Crippen LogP contribution is 2.17. The maximum Gasteiger partial charge on any atom is 0.360 e. The molecule has 0 bridgehead atoms. The summed E-state index contributed by atoms with van der Waals surface area (Å²) >= 11 is 0. The highest BCUT2D eigenvalue weighted by molar-refractivity contribution is 5.88. The van der Waals surface area contributed by atoms with Gasteiger partial charge in [0.05, 0.1) is 32.1 Å². The van der Waals surface area contributed by atoms with Crippen LogP contribution in [0.3, 0.4) is 0 Å². The zero-order valence-electron chi connectivity index (χ0n) is 15.0. The summed E-state index contributed by atoms with van der Waals surface area (Å²) in [6.07, 6.45) is 0. The van der Waals surface area contributed by atoms with Crippen molar-refractivity contribution in [1.29, 1.82) is 0 Å². The van der Waals surface area contributed by atoms with Crippen molar-refractivity contribution in [3.8, 4) is 12.0 Å². The van der Waals surface area contributed by atoms with Crippen LogP contribution in [-0.2, 0) is 9.47 Å². The van der Waals surface area contributed by atoms with E-state index in [-0.39, 0.29) is 24.3 Å². The Kier molecular flexibility index (Phi) is 5.56. The molecule has 2 aromatic heterocycles. The van der Waals surface area contributed by atoms with Crippen LogP contribution in [0.2, 0.25) is 0 Å². The zero-order chi connectivity index (χ0) is 18.5. The summed E-state index contributed by atoms with van der Waals surface area (Å²) in [6.45, 7) is 8.47. The molecule has 0 unspecified atom stereocenters. The molecule has 0 atom stereocenters. The third-order valence-electron chi connectivity index (χ3n) is 3.71. The minimum Gasteiger partial charge on any atom is -0.464 e. The number of aromatic nitrogens is 6. The highest BCUT2D eigenvalue weighted by atomic mass is 16.5. The lowest BCUT2D eigenvalue weighted by Gasteiger charge is -2.26. The molecule has 0 amide bonds. The van der Waals surface area contributed by atoms with E-state index in [0.29, 0.717) is 44.6 Å². The fourth-order valence-corrected chi connectivity index (χ4v) is 2.44. The molecule has 0 saturated carbocycles. The molecule has 3 rings (SSSR count). The van der Waals surface area contributed by atoms with Crippen molar-refractivity contribution in [2.24, 2.45) is 0 Å². The number of anilines is 1. The van der Waals surface area contributed by atoms with Gasteiger partial charge in [0, 0.05) is 13.1 Å². The fraction of sp³-hybridized carbons (Fsp3) is 0.600. The summed E-state index contributed by atoms with van der Waals surface area (Å²) in [5.41, 5.74) is 0.600. The predicted molar refractivity (Wildman–Crippen MR) is 89.6 cm³/mol. The quantitative estimate of drug-likeness (QED) is 0.657. The van der Waals surface area contributed by atoms with E-state index in [1.54, 1.807) is 13.8 Å². The summed E-state index contributed by atoms with van der Waals surface area (Å²) in [4.78, 5) is 27.0. The van der Waals surface area contributed by atoms with Crippen molar-refractivity contribution in [3.63, 3.8) is 0 Å². The van der Waals surface area contributed by atoms with Gasteiger partial charge in [0.1, 0.15) is 0 Å². The number of rotatable bonds is 6. The summed E-state index contributed by atoms with van der Waals surface area (Å²) in [5.74, 6) is 0.156. The topological polar surface area (TPSA) is 117 Å². The molecule has 1 fully saturated rings. The normalized spacial score (nSPS) is 14.3. The van der Waals surface area contributed by atoms with Crippen LogP contribution in [0.15, 0.2) is 0 Å². The lowest BCUT2D eigenvalue weighted by atomic mass is 10.3. The van der Waals surface area contributed by atoms with E-state index >= 15 is 0 Å². The van der Waals surface area contributed by atoms with Crippen LogP contribution in [0.1, 0.15) is 30.0 Å². The Morgan fingerprint density at radius 2 is 1.85 bits per heavy atom. The highest BCUT2D eigenvalue weighted by Gasteiger charge is 2.22. The standard InChI is InChI=1S/C15H21N7O4/c1-4-25-12(23)11-10(3)22(20-19-11)14-16-13(17-15(18-14)26-5-2)21-6-8-24-9-7-21/h4-9H2,1-3H3. The van der Waals surface area contributed by atoms with E-state index in [1.165, 1.54) is 4.68 Å². The third kappa shape index (κ3) is 3.72. The molecule has 140 valence electrons. The predicted octanol–water partition coefficient (Wildman–Crippen LogP) is 0.173. The maximum absolute atomic E-state index is 12.0. The first-order valence-electron chi connectivity index (χ1n) is 8.45. The largest absolute Gasteiger partial charge is 0.464 e. The second kappa shape index (κ2) is 8.04. The van der Waals surface area contributed by atoms with Crippen molar-refractivity contribution in [3.05, 3.63) is 11.4 Å². The van der Waals surface area contributed by atoms with E-state index in [2.05, 4.69) is 25.3 Å². The molecule has 0 spiro atoms. The van der Waals surface area contributed by atoms with Crippen LogP contribution in [0, 0.1) is 6.92 Å². The first-order valence-corrected chi connectivity index (χ1v) is 8.45. The SMILES string of the molecule is CCOC(=O)c1nnn(-c2nc(OCC)nc(N3CCOCC3)n2)c1C. The van der Waals surface area contributed by atoms with Crippen molar-refractivity contribution in [2.45, 2.75) is 20.8 Å². The molecule has 0 radical (unpaired) electrons. The van der Waals surface area contributed by atoms with Crippen molar-refractivity contribution in [1.82, 2.24) is 29.9 Å². The van der Waals surface area contributed by atoms with E-state index in [1.807, 2.05) is 11.8 Å². The molecule has 0 aliphatic carbocycles. The number of morpholine rings is 1. The fourth-order valence-electron chi connectivity index (χ4n) is 2.44. The lowest BCUT2D eigenvalue weighted by Crippen LogP contribution is -2.37. The van der Waals surface area contributed by atoms with Crippen molar-refractivity contribution < 1.29 is 19.0 Å². The Hall–Kier alpha value is -2.82. The number of hydrogen-bond acceptors (Lipinski definition) is 10. The van der Waals surface area contributed by atoms with Crippen LogP contribution < -0.4 is 9.64 Å². The molecule has 2 aromatic rings. The molecule has 0 N–H and O–H groups in total. The minimum absolute atomic E-state index is 0.123. The average Bonchev–Trinajstić information content (AvgIpc) is 3.04.